The van der Waals surface area contributed by atoms with Gasteiger partial charge in [0.2, 0.25) is 0 Å². The van der Waals surface area contributed by atoms with Gasteiger partial charge in [-0.3, -0.25) is 0 Å². The van der Waals surface area contributed by atoms with E-state index >= 15 is 0 Å². The Bertz CT molecular complexity index is 591. The van der Waals surface area contributed by atoms with Gasteiger partial charge in [-0.15, -0.1) is 11.3 Å². The summed E-state index contributed by atoms with van der Waals surface area (Å²) in [5.74, 6) is -0.498. The quantitative estimate of drug-likeness (QED) is 0.886. The van der Waals surface area contributed by atoms with E-state index in [1.165, 1.54) is 10.9 Å². The number of halogens is 1. The van der Waals surface area contributed by atoms with Crippen LogP contribution in [0.15, 0.2) is 18.2 Å². The number of hydrogen-bond acceptors (Lipinski definition) is 4. The molecule has 0 aliphatic heterocycles. The van der Waals surface area contributed by atoms with Crippen molar-refractivity contribution in [2.75, 3.05) is 7.05 Å². The van der Waals surface area contributed by atoms with Gasteiger partial charge in [0.25, 0.3) is 0 Å². The van der Waals surface area contributed by atoms with Crippen molar-refractivity contribution in [3.05, 3.63) is 34.6 Å². The number of benzene rings is 1. The molecule has 0 fully saturated rings. The van der Waals surface area contributed by atoms with Crippen molar-refractivity contribution in [1.29, 1.82) is 0 Å². The first-order valence-corrected chi connectivity index (χ1v) is 7.16. The van der Waals surface area contributed by atoms with E-state index in [9.17, 15) is 9.50 Å². The molecule has 1 atom stereocenters. The maximum atomic E-state index is 13.3. The average Bonchev–Trinajstić information content (AvgIpc) is 2.81. The van der Waals surface area contributed by atoms with Crippen molar-refractivity contribution in [2.24, 2.45) is 0 Å². The monoisotopic (exact) mass is 278 g/mol. The molecule has 2 aromatic rings. The van der Waals surface area contributed by atoms with Gasteiger partial charge in [-0.1, -0.05) is 0 Å². The van der Waals surface area contributed by atoms with E-state index in [1.54, 1.807) is 17.4 Å². The molecule has 2 N–H and O–H groups in total. The first-order chi connectivity index (χ1) is 9.17. The molecule has 0 radical (unpaired) electrons. The molecule has 1 unspecified atom stereocenters. The molecule has 1 aromatic carbocycles. The fraction of sp³-hybridized carbons (Fsp3) is 0.357. The lowest BCUT2D eigenvalue weighted by molar-refractivity contribution is 0.469. The maximum absolute atomic E-state index is 13.3. The SMILES string of the molecule is CNC1CCCc2nc(-c3cc(O)cc(F)c3)sc21. The molecule has 3 nitrogen and oxygen atoms in total. The minimum absolute atomic E-state index is 0.0617. The van der Waals surface area contributed by atoms with Crippen LogP contribution in [0.1, 0.15) is 29.5 Å². The number of aromatic nitrogens is 1. The van der Waals surface area contributed by atoms with Gasteiger partial charge in [0, 0.05) is 22.5 Å². The first-order valence-electron chi connectivity index (χ1n) is 6.34. The lowest BCUT2D eigenvalue weighted by atomic mass is 9.98. The van der Waals surface area contributed by atoms with Crippen molar-refractivity contribution in [3.63, 3.8) is 0 Å². The molecule has 0 amide bonds. The number of hydrogen-bond donors (Lipinski definition) is 2. The topological polar surface area (TPSA) is 45.2 Å². The lowest BCUT2D eigenvalue weighted by Gasteiger charge is -2.19. The Balaban J connectivity index is 2.04. The standard InChI is InChI=1S/C14H15FN2OS/c1-16-11-3-2-4-12-13(11)19-14(17-12)8-5-9(15)7-10(18)6-8/h5-7,11,16,18H,2-4H2,1H3. The van der Waals surface area contributed by atoms with Crippen LogP contribution in [0.3, 0.4) is 0 Å². The zero-order chi connectivity index (χ0) is 13.4. The van der Waals surface area contributed by atoms with Crippen molar-refractivity contribution in [2.45, 2.75) is 25.3 Å². The predicted molar refractivity (Wildman–Crippen MR) is 73.9 cm³/mol. The molecular weight excluding hydrogens is 263 g/mol. The fourth-order valence-electron chi connectivity index (χ4n) is 2.52. The smallest absolute Gasteiger partial charge is 0.127 e. The normalized spacial score (nSPS) is 18.3. The summed E-state index contributed by atoms with van der Waals surface area (Å²) >= 11 is 1.59. The first kappa shape index (κ1) is 12.6. The zero-order valence-electron chi connectivity index (χ0n) is 10.6. The summed E-state index contributed by atoms with van der Waals surface area (Å²) in [5.41, 5.74) is 1.75. The molecule has 19 heavy (non-hydrogen) atoms. The van der Waals surface area contributed by atoms with Gasteiger partial charge in [0.15, 0.2) is 0 Å². The highest BCUT2D eigenvalue weighted by atomic mass is 32.1. The number of fused-ring (bicyclic) bond motifs is 1. The second-order valence-corrected chi connectivity index (χ2v) is 5.79. The Morgan fingerprint density at radius 2 is 2.26 bits per heavy atom. The van der Waals surface area contributed by atoms with E-state index in [0.29, 0.717) is 11.6 Å². The molecule has 3 rings (SSSR count). The Hall–Kier alpha value is -1.46. The Morgan fingerprint density at radius 1 is 1.42 bits per heavy atom. The van der Waals surface area contributed by atoms with Crippen LogP contribution in [0, 0.1) is 5.82 Å². The third-order valence-electron chi connectivity index (χ3n) is 3.43. The molecule has 0 saturated heterocycles. The van der Waals surface area contributed by atoms with Crippen LogP contribution in [0.5, 0.6) is 5.75 Å². The molecule has 1 heterocycles. The minimum atomic E-state index is -0.437. The summed E-state index contributed by atoms with van der Waals surface area (Å²) < 4.78 is 13.3. The minimum Gasteiger partial charge on any atom is -0.508 e. The Kier molecular flexibility index (Phi) is 3.24. The molecule has 5 heteroatoms. The van der Waals surface area contributed by atoms with Crippen LogP contribution in [0.4, 0.5) is 4.39 Å². The van der Waals surface area contributed by atoms with Crippen molar-refractivity contribution >= 4 is 11.3 Å². The van der Waals surface area contributed by atoms with Gasteiger partial charge in [-0.05, 0) is 38.4 Å². The summed E-state index contributed by atoms with van der Waals surface area (Å²) in [6, 6.07) is 4.42. The van der Waals surface area contributed by atoms with E-state index in [4.69, 9.17) is 0 Å². The summed E-state index contributed by atoms with van der Waals surface area (Å²) in [7, 11) is 1.95. The van der Waals surface area contributed by atoms with Gasteiger partial charge in [-0.25, -0.2) is 9.37 Å². The molecule has 100 valence electrons. The van der Waals surface area contributed by atoms with Crippen LogP contribution in [0.25, 0.3) is 10.6 Å². The van der Waals surface area contributed by atoms with Crippen LogP contribution in [-0.2, 0) is 6.42 Å². The molecule has 0 spiro atoms. The van der Waals surface area contributed by atoms with E-state index < -0.39 is 5.82 Å². The molecular formula is C14H15FN2OS. The molecule has 1 aromatic heterocycles. The number of rotatable bonds is 2. The second kappa shape index (κ2) is 4.90. The van der Waals surface area contributed by atoms with Crippen molar-refractivity contribution < 1.29 is 9.50 Å². The van der Waals surface area contributed by atoms with Gasteiger partial charge in [0.05, 0.1) is 5.69 Å². The van der Waals surface area contributed by atoms with E-state index in [1.807, 2.05) is 7.05 Å². The molecule has 1 aliphatic carbocycles. The number of phenols is 1. The van der Waals surface area contributed by atoms with E-state index in [0.717, 1.165) is 36.0 Å². The third-order valence-corrected chi connectivity index (χ3v) is 4.69. The van der Waals surface area contributed by atoms with Crippen LogP contribution < -0.4 is 5.32 Å². The third kappa shape index (κ3) is 2.35. The van der Waals surface area contributed by atoms with Crippen molar-refractivity contribution in [1.82, 2.24) is 10.3 Å². The second-order valence-electron chi connectivity index (χ2n) is 4.76. The van der Waals surface area contributed by atoms with Gasteiger partial charge < -0.3 is 10.4 Å². The summed E-state index contributed by atoms with van der Waals surface area (Å²) in [4.78, 5) is 5.85. The highest BCUT2D eigenvalue weighted by molar-refractivity contribution is 7.15. The largest absolute Gasteiger partial charge is 0.508 e. The van der Waals surface area contributed by atoms with E-state index in [-0.39, 0.29) is 5.75 Å². The number of phenolic OH excluding ortho intramolecular Hbond substituents is 1. The number of thiazole rings is 1. The molecule has 0 bridgehead atoms. The lowest BCUT2D eigenvalue weighted by Crippen LogP contribution is -2.19. The van der Waals surface area contributed by atoms with Crippen molar-refractivity contribution in [3.8, 4) is 16.3 Å². The zero-order valence-corrected chi connectivity index (χ0v) is 11.4. The Morgan fingerprint density at radius 3 is 3.00 bits per heavy atom. The summed E-state index contributed by atoms with van der Waals surface area (Å²) in [5, 5.41) is 13.6. The average molecular weight is 278 g/mol. The van der Waals surface area contributed by atoms with Gasteiger partial charge in [0.1, 0.15) is 16.6 Å². The summed E-state index contributed by atoms with van der Waals surface area (Å²) in [6.45, 7) is 0. The van der Waals surface area contributed by atoms with Crippen LogP contribution in [-0.4, -0.2) is 17.1 Å². The predicted octanol–water partition coefficient (Wildman–Crippen LogP) is 3.25. The number of aryl methyl sites for hydroxylation is 1. The van der Waals surface area contributed by atoms with Gasteiger partial charge in [-0.2, -0.15) is 0 Å². The molecule has 1 aliphatic rings. The highest BCUT2D eigenvalue weighted by Gasteiger charge is 2.23. The van der Waals surface area contributed by atoms with Crippen LogP contribution >= 0.6 is 11.3 Å². The Labute approximate surface area is 115 Å². The van der Waals surface area contributed by atoms with E-state index in [2.05, 4.69) is 10.3 Å². The number of aromatic hydroxyl groups is 1. The van der Waals surface area contributed by atoms with Crippen LogP contribution in [0.2, 0.25) is 0 Å². The molecule has 0 saturated carbocycles. The number of nitrogens with one attached hydrogen (secondary N) is 1. The maximum Gasteiger partial charge on any atom is 0.127 e. The fourth-order valence-corrected chi connectivity index (χ4v) is 3.76. The summed E-state index contributed by atoms with van der Waals surface area (Å²) in [6.07, 6.45) is 3.21. The highest BCUT2D eigenvalue weighted by Crippen LogP contribution is 2.38. The van der Waals surface area contributed by atoms with Gasteiger partial charge >= 0.3 is 0 Å². The number of nitrogens with zero attached hydrogens (tertiary/aromatic N) is 1.